The number of nitrogens with zero attached hydrogens (tertiary/aromatic N) is 8. The monoisotopic (exact) mass is 858 g/mol. The third-order valence-corrected chi connectivity index (χ3v) is 11.3. The fourth-order valence-electron chi connectivity index (χ4n) is 8.20. The normalized spacial score (nSPS) is 11.8. The molecule has 1 aliphatic rings. The van der Waals surface area contributed by atoms with Crippen molar-refractivity contribution >= 4 is 89.8 Å². The summed E-state index contributed by atoms with van der Waals surface area (Å²) in [4.78, 5) is 87.5. The van der Waals surface area contributed by atoms with Crippen LogP contribution in [0.25, 0.3) is 99.8 Å². The standard InChI is InChI=1S/C32H18N8.C12H6N2O2.C8H6O2/c1-5-19-23(33-13-1)24-20(6-2-14-34-24)28-27(19)37-31(38-28)17-9-11-18(12-10-17)32-39-29-21-7-3-15-35-25(21)26-22(30(29)40-32)8-4-16-36-26;15-11-7-3-1-5-13-9(7)10-8(12(11)16)4-2-6-14-10;9-5-7-1-2-8(6-10)4-3-7/h1-16H,(H,37,38)(H,39,40);1-6H;1-6H. The van der Waals surface area contributed by atoms with Crippen LogP contribution in [0.15, 0.2) is 159 Å². The Hall–Kier alpha value is -9.56. The second-order valence-corrected chi connectivity index (χ2v) is 15.2. The molecule has 12 aromatic rings. The molecule has 0 saturated carbocycles. The maximum Gasteiger partial charge on any atom is 0.235 e. The highest BCUT2D eigenvalue weighted by Gasteiger charge is 2.31. The van der Waals surface area contributed by atoms with Gasteiger partial charge >= 0.3 is 0 Å². The number of carbonyl (C=O) groups is 4. The molecule has 0 fully saturated rings. The maximum absolute atomic E-state index is 11.8. The maximum atomic E-state index is 11.8. The van der Waals surface area contributed by atoms with Gasteiger partial charge in [-0.05, 0) is 72.8 Å². The summed E-state index contributed by atoms with van der Waals surface area (Å²) < 4.78 is 0. The number of pyridine rings is 6. The molecule has 0 bridgehead atoms. The number of rotatable bonds is 4. The third-order valence-electron chi connectivity index (χ3n) is 11.3. The number of aromatic amines is 2. The molecule has 8 heterocycles. The van der Waals surface area contributed by atoms with E-state index in [4.69, 9.17) is 9.97 Å². The second kappa shape index (κ2) is 16.3. The highest BCUT2D eigenvalue weighted by molar-refractivity contribution is 6.52. The van der Waals surface area contributed by atoms with Gasteiger partial charge in [0.05, 0.1) is 55.3 Å². The molecule has 13 rings (SSSR count). The highest BCUT2D eigenvalue weighted by atomic mass is 16.2. The van der Waals surface area contributed by atoms with Crippen molar-refractivity contribution in [2.24, 2.45) is 0 Å². The summed E-state index contributed by atoms with van der Waals surface area (Å²) in [6, 6.07) is 37.2. The average Bonchev–Trinajstić information content (AvgIpc) is 4.06. The van der Waals surface area contributed by atoms with Crippen LogP contribution in [0.5, 0.6) is 0 Å². The van der Waals surface area contributed by atoms with E-state index in [1.54, 1.807) is 85.7 Å². The van der Waals surface area contributed by atoms with Crippen LogP contribution >= 0.6 is 0 Å². The van der Waals surface area contributed by atoms with E-state index in [1.807, 2.05) is 36.4 Å². The minimum Gasteiger partial charge on any atom is -0.337 e. The number of imidazole rings is 2. The predicted octanol–water partition coefficient (Wildman–Crippen LogP) is 9.80. The summed E-state index contributed by atoms with van der Waals surface area (Å²) in [6.07, 6.45) is 11.9. The van der Waals surface area contributed by atoms with E-state index in [0.717, 1.165) is 101 Å². The first-order valence-corrected chi connectivity index (χ1v) is 20.6. The number of Topliss-reactive ketones (excluding diaryl/α,β-unsaturated/α-hetero) is 2. The first-order valence-electron chi connectivity index (χ1n) is 20.6. The Balaban J connectivity index is 0.000000151. The lowest BCUT2D eigenvalue weighted by atomic mass is 9.91. The number of H-pyrrole nitrogens is 2. The number of benzene rings is 4. The van der Waals surface area contributed by atoms with E-state index in [2.05, 4.69) is 76.3 Å². The second-order valence-electron chi connectivity index (χ2n) is 15.2. The zero-order valence-electron chi connectivity index (χ0n) is 34.4. The van der Waals surface area contributed by atoms with Gasteiger partial charge in [0.2, 0.25) is 11.6 Å². The molecule has 14 nitrogen and oxygen atoms in total. The Labute approximate surface area is 372 Å². The zero-order chi connectivity index (χ0) is 44.7. The van der Waals surface area contributed by atoms with Gasteiger partial charge < -0.3 is 9.97 Å². The molecule has 2 N–H and O–H groups in total. The number of carbonyl (C=O) groups excluding carboxylic acids is 4. The van der Waals surface area contributed by atoms with Crippen molar-refractivity contribution in [2.75, 3.05) is 0 Å². The summed E-state index contributed by atoms with van der Waals surface area (Å²) in [5.74, 6) is 0.566. The Bertz CT molecular complexity index is 3520. The van der Waals surface area contributed by atoms with Gasteiger partial charge in [-0.1, -0.05) is 48.5 Å². The van der Waals surface area contributed by atoms with Gasteiger partial charge in [-0.15, -0.1) is 0 Å². The molecule has 0 atom stereocenters. The number of aromatic nitrogens is 10. The van der Waals surface area contributed by atoms with Crippen molar-refractivity contribution in [3.05, 3.63) is 181 Å². The van der Waals surface area contributed by atoms with Crippen LogP contribution in [0.2, 0.25) is 0 Å². The van der Waals surface area contributed by atoms with Gasteiger partial charge in [-0.3, -0.25) is 49.1 Å². The Morgan fingerprint density at radius 2 is 0.697 bits per heavy atom. The predicted molar refractivity (Wildman–Crippen MR) is 251 cm³/mol. The number of hydrogen-bond acceptors (Lipinski definition) is 12. The largest absolute Gasteiger partial charge is 0.337 e. The van der Waals surface area contributed by atoms with Crippen LogP contribution in [0, 0.1) is 0 Å². The molecule has 0 unspecified atom stereocenters. The zero-order valence-corrected chi connectivity index (χ0v) is 34.4. The van der Waals surface area contributed by atoms with E-state index in [9.17, 15) is 19.2 Å². The van der Waals surface area contributed by atoms with Gasteiger partial charge in [-0.25, -0.2) is 9.97 Å². The van der Waals surface area contributed by atoms with Crippen LogP contribution in [0.4, 0.5) is 0 Å². The van der Waals surface area contributed by atoms with E-state index in [-0.39, 0.29) is 0 Å². The lowest BCUT2D eigenvalue weighted by Gasteiger charge is -2.14. The molecule has 4 aromatic carbocycles. The van der Waals surface area contributed by atoms with Crippen LogP contribution in [-0.2, 0) is 0 Å². The van der Waals surface area contributed by atoms with Gasteiger partial charge in [0.1, 0.15) is 35.6 Å². The number of aldehydes is 2. The van der Waals surface area contributed by atoms with Crippen LogP contribution < -0.4 is 0 Å². The minimum atomic E-state index is -0.511. The summed E-state index contributed by atoms with van der Waals surface area (Å²) in [6.45, 7) is 0. The van der Waals surface area contributed by atoms with Gasteiger partial charge in [0, 0.05) is 81.0 Å². The molecule has 0 radical (unpaired) electrons. The highest BCUT2D eigenvalue weighted by Crippen LogP contribution is 2.36. The molecule has 1 aliphatic carbocycles. The quantitative estimate of drug-likeness (QED) is 0.0965. The van der Waals surface area contributed by atoms with Crippen molar-refractivity contribution in [3.8, 4) is 34.2 Å². The van der Waals surface area contributed by atoms with E-state index in [1.165, 1.54) is 0 Å². The number of nitrogens with one attached hydrogen (secondary N) is 2. The molecule has 0 spiro atoms. The fraction of sp³-hybridized carbons (Fsp3) is 0. The Kier molecular flexibility index (Phi) is 9.70. The lowest BCUT2D eigenvalue weighted by molar-refractivity contribution is 0.0814. The summed E-state index contributed by atoms with van der Waals surface area (Å²) in [5, 5.41) is 3.97. The number of hydrogen-bond donors (Lipinski definition) is 2. The summed E-state index contributed by atoms with van der Waals surface area (Å²) in [5.41, 5.74) is 11.9. The van der Waals surface area contributed by atoms with Crippen molar-refractivity contribution in [2.45, 2.75) is 0 Å². The fourth-order valence-corrected chi connectivity index (χ4v) is 8.20. The Morgan fingerprint density at radius 3 is 1.08 bits per heavy atom. The van der Waals surface area contributed by atoms with Crippen molar-refractivity contribution in [3.63, 3.8) is 0 Å². The van der Waals surface area contributed by atoms with E-state index < -0.39 is 11.6 Å². The lowest BCUT2D eigenvalue weighted by Crippen LogP contribution is -2.22. The number of fused-ring (bicyclic) bond motifs is 15. The minimum absolute atomic E-state index is 0.332. The molecular weight excluding hydrogens is 829 g/mol. The molecular formula is C52H30N10O4. The Morgan fingerprint density at radius 1 is 0.364 bits per heavy atom. The molecule has 8 aromatic heterocycles. The van der Waals surface area contributed by atoms with Crippen molar-refractivity contribution in [1.82, 2.24) is 49.8 Å². The van der Waals surface area contributed by atoms with Gasteiger partial charge in [0.15, 0.2) is 0 Å². The van der Waals surface area contributed by atoms with E-state index >= 15 is 0 Å². The summed E-state index contributed by atoms with van der Waals surface area (Å²) >= 11 is 0. The van der Waals surface area contributed by atoms with Crippen molar-refractivity contribution in [1.29, 1.82) is 0 Å². The summed E-state index contributed by atoms with van der Waals surface area (Å²) in [7, 11) is 0. The number of ketones is 2. The molecule has 0 amide bonds. The van der Waals surface area contributed by atoms with Crippen molar-refractivity contribution < 1.29 is 19.2 Å². The van der Waals surface area contributed by atoms with Crippen LogP contribution in [0.3, 0.4) is 0 Å². The van der Waals surface area contributed by atoms with Crippen LogP contribution in [-0.4, -0.2) is 74.0 Å². The SMILES string of the molecule is O=C1C(=O)c2cccnc2-c2ncccc21.O=Cc1ccc(C=O)cc1.c1cnc2c(c1)c1nc(-c3ccc(-c4nc5c6cccnc6c6ncccc6c5[nH]4)cc3)[nH]c1c1cccnc12. The molecule has 312 valence electrons. The topological polar surface area (TPSA) is 203 Å². The molecule has 66 heavy (non-hydrogen) atoms. The molecule has 14 heteroatoms. The van der Waals surface area contributed by atoms with Gasteiger partial charge in [0.25, 0.3) is 0 Å². The van der Waals surface area contributed by atoms with Crippen LogP contribution in [0.1, 0.15) is 41.4 Å². The molecule has 0 saturated heterocycles. The first-order chi connectivity index (χ1) is 32.5. The smallest absolute Gasteiger partial charge is 0.235 e. The third kappa shape index (κ3) is 6.69. The van der Waals surface area contributed by atoms with E-state index in [0.29, 0.717) is 33.6 Å². The average molecular weight is 859 g/mol. The molecule has 0 aliphatic heterocycles. The van der Waals surface area contributed by atoms with Gasteiger partial charge in [-0.2, -0.15) is 0 Å². The first kappa shape index (κ1) is 39.3.